The van der Waals surface area contributed by atoms with Gasteiger partial charge in [0.2, 0.25) is 0 Å². The average Bonchev–Trinajstić information content (AvgIpc) is 2.66. The van der Waals surface area contributed by atoms with E-state index in [0.29, 0.717) is 12.0 Å². The van der Waals surface area contributed by atoms with Crippen LogP contribution in [-0.4, -0.2) is 25.1 Å². The topological polar surface area (TPSA) is 68.8 Å². The Morgan fingerprint density at radius 3 is 3.19 bits per heavy atom. The van der Waals surface area contributed by atoms with Crippen LogP contribution in [0.5, 0.6) is 0 Å². The van der Waals surface area contributed by atoms with Gasteiger partial charge in [-0.2, -0.15) is 0 Å². The molecule has 0 unspecified atom stereocenters. The summed E-state index contributed by atoms with van der Waals surface area (Å²) < 4.78 is 0. The van der Waals surface area contributed by atoms with Crippen LogP contribution in [0.15, 0.2) is 18.2 Å². The van der Waals surface area contributed by atoms with Crippen molar-refractivity contribution in [2.45, 2.75) is 18.4 Å². The first-order valence-corrected chi connectivity index (χ1v) is 5.69. The van der Waals surface area contributed by atoms with Gasteiger partial charge >= 0.3 is 0 Å². The quantitative estimate of drug-likeness (QED) is 0.628. The Kier molecular flexibility index (Phi) is 2.11. The molecule has 4 nitrogen and oxygen atoms in total. The molecule has 3 rings (SSSR count). The molecule has 2 aliphatic rings. The largest absolute Gasteiger partial charge is 0.545 e. The summed E-state index contributed by atoms with van der Waals surface area (Å²) in [5, 5.41) is 16.6. The number of carboxylic acids is 1. The molecule has 84 valence electrons. The van der Waals surface area contributed by atoms with Gasteiger partial charge in [-0.15, -0.1) is 0 Å². The predicted molar refractivity (Wildman–Crippen MR) is 57.2 cm³/mol. The number of carbonyl (C=O) groups is 1. The Morgan fingerprint density at radius 1 is 1.50 bits per heavy atom. The van der Waals surface area contributed by atoms with Crippen molar-refractivity contribution in [3.63, 3.8) is 0 Å². The van der Waals surface area contributed by atoms with Crippen LogP contribution in [-0.2, 0) is 0 Å². The van der Waals surface area contributed by atoms with Crippen molar-refractivity contribution in [1.29, 1.82) is 0 Å². The maximum Gasteiger partial charge on any atom is 0.0845 e. The third-order valence-corrected chi connectivity index (χ3v) is 3.62. The Morgan fingerprint density at radius 2 is 2.38 bits per heavy atom. The van der Waals surface area contributed by atoms with Crippen molar-refractivity contribution in [2.24, 2.45) is 0 Å². The third-order valence-electron chi connectivity index (χ3n) is 3.62. The van der Waals surface area contributed by atoms with Crippen molar-refractivity contribution in [3.05, 3.63) is 29.3 Å². The molecule has 1 fully saturated rings. The summed E-state index contributed by atoms with van der Waals surface area (Å²) >= 11 is 0. The van der Waals surface area contributed by atoms with Gasteiger partial charge in [0.05, 0.1) is 25.0 Å². The molecule has 0 spiro atoms. The number of hydrogen-bond acceptors (Lipinski definition) is 3. The van der Waals surface area contributed by atoms with Crippen molar-refractivity contribution in [3.8, 4) is 0 Å². The van der Waals surface area contributed by atoms with E-state index in [1.54, 1.807) is 12.1 Å². The number of piperidine rings is 1. The minimum absolute atomic E-state index is 0.284. The van der Waals surface area contributed by atoms with Gasteiger partial charge in [0.1, 0.15) is 0 Å². The first-order valence-electron chi connectivity index (χ1n) is 5.69. The average molecular weight is 218 g/mol. The fraction of sp³-hybridized carbons (Fsp3) is 0.417. The van der Waals surface area contributed by atoms with Crippen LogP contribution in [0.3, 0.4) is 0 Å². The smallest absolute Gasteiger partial charge is 0.0845 e. The molecule has 2 aliphatic heterocycles. The molecule has 0 amide bonds. The first-order chi connectivity index (χ1) is 7.75. The highest BCUT2D eigenvalue weighted by Gasteiger charge is 2.35. The lowest BCUT2D eigenvalue weighted by molar-refractivity contribution is -0.664. The molecule has 0 radical (unpaired) electrons. The number of nitrogens with one attached hydrogen (secondary N) is 1. The molecule has 1 aromatic rings. The summed E-state index contributed by atoms with van der Waals surface area (Å²) in [6.07, 6.45) is 1.14. The second kappa shape index (κ2) is 3.49. The molecule has 2 atom stereocenters. The molecular weight excluding hydrogens is 204 g/mol. The molecule has 3 N–H and O–H groups in total. The number of nitrogens with two attached hydrogens (primary N) is 1. The van der Waals surface area contributed by atoms with E-state index in [1.807, 2.05) is 6.07 Å². The number of hydrogen-bond donors (Lipinski definition) is 2. The van der Waals surface area contributed by atoms with E-state index in [9.17, 15) is 9.90 Å². The van der Waals surface area contributed by atoms with Crippen LogP contribution in [0.25, 0.3) is 0 Å². The Hall–Kier alpha value is -1.55. The van der Waals surface area contributed by atoms with E-state index < -0.39 is 5.97 Å². The molecule has 1 aromatic carbocycles. The fourth-order valence-electron chi connectivity index (χ4n) is 2.80. The zero-order valence-corrected chi connectivity index (χ0v) is 8.90. The number of benzene rings is 1. The zero-order valence-electron chi connectivity index (χ0n) is 8.90. The number of rotatable bonds is 1. The van der Waals surface area contributed by atoms with Crippen molar-refractivity contribution >= 4 is 11.7 Å². The van der Waals surface area contributed by atoms with Gasteiger partial charge in [0.15, 0.2) is 0 Å². The number of fused-ring (bicyclic) bond motifs is 3. The highest BCUT2D eigenvalue weighted by Crippen LogP contribution is 2.37. The Balaban J connectivity index is 2.00. The van der Waals surface area contributed by atoms with Crippen LogP contribution in [0, 0.1) is 0 Å². The van der Waals surface area contributed by atoms with Crippen molar-refractivity contribution < 1.29 is 15.2 Å². The van der Waals surface area contributed by atoms with Gasteiger partial charge in [0.25, 0.3) is 0 Å². The molecule has 1 saturated heterocycles. The molecule has 0 saturated carbocycles. The van der Waals surface area contributed by atoms with E-state index in [1.165, 1.54) is 0 Å². The van der Waals surface area contributed by atoms with Crippen LogP contribution in [0.4, 0.5) is 5.69 Å². The monoisotopic (exact) mass is 218 g/mol. The number of aromatic carboxylic acids is 1. The lowest BCUT2D eigenvalue weighted by Gasteiger charge is -2.23. The highest BCUT2D eigenvalue weighted by molar-refractivity contribution is 5.87. The lowest BCUT2D eigenvalue weighted by atomic mass is 9.90. The van der Waals surface area contributed by atoms with Gasteiger partial charge in [-0.25, -0.2) is 0 Å². The van der Waals surface area contributed by atoms with Gasteiger partial charge in [-0.1, -0.05) is 6.07 Å². The van der Waals surface area contributed by atoms with E-state index in [0.717, 1.165) is 30.8 Å². The highest BCUT2D eigenvalue weighted by atomic mass is 16.4. The molecule has 0 aliphatic carbocycles. The van der Waals surface area contributed by atoms with E-state index in [-0.39, 0.29) is 5.56 Å². The second-order valence-electron chi connectivity index (χ2n) is 4.55. The summed E-state index contributed by atoms with van der Waals surface area (Å²) in [7, 11) is 0. The molecule has 2 heterocycles. The first kappa shape index (κ1) is 9.66. The van der Waals surface area contributed by atoms with Crippen molar-refractivity contribution in [1.82, 2.24) is 0 Å². The summed E-state index contributed by atoms with van der Waals surface area (Å²) in [6, 6.07) is 5.72. The van der Waals surface area contributed by atoms with Crippen LogP contribution < -0.4 is 15.7 Å². The van der Waals surface area contributed by atoms with Gasteiger partial charge in [-0.3, -0.25) is 0 Å². The van der Waals surface area contributed by atoms with Crippen LogP contribution in [0.2, 0.25) is 0 Å². The zero-order chi connectivity index (χ0) is 11.1. The summed E-state index contributed by atoms with van der Waals surface area (Å²) in [4.78, 5) is 10.8. The summed E-state index contributed by atoms with van der Waals surface area (Å²) in [6.45, 7) is 2.19. The Bertz CT molecular complexity index is 445. The van der Waals surface area contributed by atoms with Crippen LogP contribution in [0.1, 0.15) is 28.3 Å². The molecule has 0 aromatic heterocycles. The maximum absolute atomic E-state index is 10.8. The van der Waals surface area contributed by atoms with E-state index >= 15 is 0 Å². The van der Waals surface area contributed by atoms with Crippen LogP contribution >= 0.6 is 0 Å². The third kappa shape index (κ3) is 1.38. The fourth-order valence-corrected chi connectivity index (χ4v) is 2.80. The van der Waals surface area contributed by atoms with E-state index in [4.69, 9.17) is 0 Å². The number of anilines is 1. The Labute approximate surface area is 93.7 Å². The number of quaternary nitrogens is 1. The van der Waals surface area contributed by atoms with Gasteiger partial charge in [0, 0.05) is 18.2 Å². The number of carbonyl (C=O) groups excluding carboxylic acids is 1. The molecule has 0 bridgehead atoms. The van der Waals surface area contributed by atoms with E-state index in [2.05, 4.69) is 10.6 Å². The molecule has 4 heteroatoms. The van der Waals surface area contributed by atoms with Gasteiger partial charge < -0.3 is 20.5 Å². The lowest BCUT2D eigenvalue weighted by Crippen LogP contribution is -2.88. The number of carboxylic acid groups (broad SMARTS) is 1. The van der Waals surface area contributed by atoms with Gasteiger partial charge in [-0.05, 0) is 23.3 Å². The standard InChI is InChI=1S/C12H14N2O2/c15-12(16)7-1-2-10-8(5-7)9-6-13-4-3-11(9)14-10/h1-2,5,9,11,13-14H,3-4,6H2,(H,15,16)/t9-,11-/m0/s1. The minimum atomic E-state index is -1.09. The summed E-state index contributed by atoms with van der Waals surface area (Å²) in [5.74, 6) is -0.644. The molecular formula is C12H14N2O2. The predicted octanol–water partition coefficient (Wildman–Crippen LogP) is -1.11. The molecule has 16 heavy (non-hydrogen) atoms. The summed E-state index contributed by atoms with van der Waals surface area (Å²) in [5.41, 5.74) is 2.52. The second-order valence-corrected chi connectivity index (χ2v) is 4.55. The maximum atomic E-state index is 10.8. The minimum Gasteiger partial charge on any atom is -0.545 e. The normalized spacial score (nSPS) is 26.8. The SMILES string of the molecule is O=C([O-])c1ccc2c(c1)[C@@H]1C[NH2+]CC[C@@H]1N2. The van der Waals surface area contributed by atoms with Crippen molar-refractivity contribution in [2.75, 3.05) is 18.4 Å².